The molecule has 102 valence electrons. The highest BCUT2D eigenvalue weighted by Gasteiger charge is 2.37. The number of hydrogen-bond donors (Lipinski definition) is 1. The maximum Gasteiger partial charge on any atom is 0.417 e. The number of esters is 1. The average molecular weight is 289 g/mol. The Labute approximate surface area is 113 Å². The minimum atomic E-state index is -4.69. The molecule has 1 aromatic carbocycles. The molecule has 0 amide bonds. The Hall–Kier alpha value is -1.68. The number of halogens is 3. The number of alkyl halides is 3. The van der Waals surface area contributed by atoms with E-state index in [4.69, 9.17) is 5.26 Å². The molecule has 1 aromatic rings. The molecule has 7 heteroatoms. The number of hydrogen-bond acceptors (Lipinski definition) is 4. The predicted octanol–water partition coefficient (Wildman–Crippen LogP) is 2.97. The number of carbonyl (C=O) groups excluding carboxylic acids is 1. The largest absolute Gasteiger partial charge is 0.466 e. The SMILES string of the molecule is CCOC(=O)Cc1ccc(C#N)c(S)c1C(F)(F)F. The van der Waals surface area contributed by atoms with Crippen LogP contribution in [-0.2, 0) is 22.1 Å². The van der Waals surface area contributed by atoms with Gasteiger partial charge in [-0.2, -0.15) is 18.4 Å². The van der Waals surface area contributed by atoms with E-state index >= 15 is 0 Å². The normalized spacial score (nSPS) is 10.9. The molecular formula is C12H10F3NO2S. The summed E-state index contributed by atoms with van der Waals surface area (Å²) in [6, 6.07) is 3.92. The predicted molar refractivity (Wildman–Crippen MR) is 63.7 cm³/mol. The summed E-state index contributed by atoms with van der Waals surface area (Å²) < 4.78 is 43.5. The van der Waals surface area contributed by atoms with E-state index in [0.717, 1.165) is 6.07 Å². The summed E-state index contributed by atoms with van der Waals surface area (Å²) in [5, 5.41) is 8.71. The lowest BCUT2D eigenvalue weighted by molar-refractivity contribution is -0.144. The van der Waals surface area contributed by atoms with E-state index in [1.54, 1.807) is 13.0 Å². The van der Waals surface area contributed by atoms with Crippen molar-refractivity contribution in [2.24, 2.45) is 0 Å². The fourth-order valence-electron chi connectivity index (χ4n) is 1.55. The van der Waals surface area contributed by atoms with Gasteiger partial charge in [-0.3, -0.25) is 4.79 Å². The van der Waals surface area contributed by atoms with E-state index in [0.29, 0.717) is 0 Å². The first kappa shape index (κ1) is 15.4. The summed E-state index contributed by atoms with van der Waals surface area (Å²) in [6.07, 6.45) is -5.20. The van der Waals surface area contributed by atoms with Crippen LogP contribution in [0.25, 0.3) is 0 Å². The molecule has 1 rings (SSSR count). The molecule has 0 aliphatic heterocycles. The van der Waals surface area contributed by atoms with Crippen LogP contribution in [0.3, 0.4) is 0 Å². The molecule has 0 aliphatic rings. The Morgan fingerprint density at radius 3 is 2.58 bits per heavy atom. The van der Waals surface area contributed by atoms with E-state index in [2.05, 4.69) is 17.4 Å². The summed E-state index contributed by atoms with van der Waals surface area (Å²) in [4.78, 5) is 10.8. The van der Waals surface area contributed by atoms with Gasteiger partial charge in [-0.05, 0) is 18.6 Å². The van der Waals surface area contributed by atoms with Crippen molar-refractivity contribution in [3.05, 3.63) is 28.8 Å². The number of nitrogens with zero attached hydrogens (tertiary/aromatic N) is 1. The number of benzene rings is 1. The highest BCUT2D eigenvalue weighted by molar-refractivity contribution is 7.80. The highest BCUT2D eigenvalue weighted by Crippen LogP contribution is 2.38. The van der Waals surface area contributed by atoms with Gasteiger partial charge in [-0.1, -0.05) is 6.07 Å². The van der Waals surface area contributed by atoms with E-state index in [1.807, 2.05) is 0 Å². The third-order valence-electron chi connectivity index (χ3n) is 2.31. The Bertz CT molecular complexity index is 535. The first-order valence-electron chi connectivity index (χ1n) is 5.29. The van der Waals surface area contributed by atoms with Crippen LogP contribution in [0, 0.1) is 11.3 Å². The topological polar surface area (TPSA) is 50.1 Å². The molecule has 0 bridgehead atoms. The lowest BCUT2D eigenvalue weighted by Crippen LogP contribution is -2.15. The summed E-state index contributed by atoms with van der Waals surface area (Å²) in [6.45, 7) is 1.65. The van der Waals surface area contributed by atoms with Crippen LogP contribution < -0.4 is 0 Å². The first-order chi connectivity index (χ1) is 8.81. The summed E-state index contributed by atoms with van der Waals surface area (Å²) in [7, 11) is 0. The third kappa shape index (κ3) is 3.64. The lowest BCUT2D eigenvalue weighted by Gasteiger charge is -2.15. The van der Waals surface area contributed by atoms with Crippen LogP contribution in [0.1, 0.15) is 23.6 Å². The minimum absolute atomic E-state index is 0.0875. The van der Waals surface area contributed by atoms with E-state index in [-0.39, 0.29) is 17.7 Å². The number of ether oxygens (including phenoxy) is 1. The standard InChI is InChI=1S/C12H10F3NO2S/c1-2-18-9(17)5-7-3-4-8(6-16)11(19)10(7)12(13,14)15/h3-4,19H,2,5H2,1H3. The van der Waals surface area contributed by atoms with Gasteiger partial charge in [0, 0.05) is 4.90 Å². The Morgan fingerprint density at radius 2 is 2.11 bits per heavy atom. The van der Waals surface area contributed by atoms with Gasteiger partial charge in [-0.15, -0.1) is 12.6 Å². The molecule has 0 fully saturated rings. The van der Waals surface area contributed by atoms with Crippen molar-refractivity contribution in [3.63, 3.8) is 0 Å². The van der Waals surface area contributed by atoms with Gasteiger partial charge in [0.1, 0.15) is 6.07 Å². The van der Waals surface area contributed by atoms with Crippen molar-refractivity contribution < 1.29 is 22.7 Å². The first-order valence-corrected chi connectivity index (χ1v) is 5.73. The van der Waals surface area contributed by atoms with Gasteiger partial charge >= 0.3 is 12.1 Å². The van der Waals surface area contributed by atoms with Crippen molar-refractivity contribution in [1.82, 2.24) is 0 Å². The molecule has 0 N–H and O–H groups in total. The van der Waals surface area contributed by atoms with Crippen molar-refractivity contribution in [2.45, 2.75) is 24.4 Å². The van der Waals surface area contributed by atoms with Crippen molar-refractivity contribution in [2.75, 3.05) is 6.61 Å². The molecule has 19 heavy (non-hydrogen) atoms. The zero-order valence-electron chi connectivity index (χ0n) is 9.91. The van der Waals surface area contributed by atoms with Crippen molar-refractivity contribution in [3.8, 4) is 6.07 Å². The van der Waals surface area contributed by atoms with Crippen molar-refractivity contribution >= 4 is 18.6 Å². The molecule has 0 atom stereocenters. The Kier molecular flexibility index (Phi) is 4.84. The van der Waals surface area contributed by atoms with Gasteiger partial charge in [-0.25, -0.2) is 0 Å². The fourth-order valence-corrected chi connectivity index (χ4v) is 1.95. The summed E-state index contributed by atoms with van der Waals surface area (Å²) in [5.74, 6) is -0.759. The van der Waals surface area contributed by atoms with Gasteiger partial charge in [0.2, 0.25) is 0 Å². The fraction of sp³-hybridized carbons (Fsp3) is 0.333. The second-order valence-electron chi connectivity index (χ2n) is 3.59. The van der Waals surface area contributed by atoms with E-state index in [1.165, 1.54) is 6.07 Å². The molecule has 0 saturated heterocycles. The monoisotopic (exact) mass is 289 g/mol. The van der Waals surface area contributed by atoms with Gasteiger partial charge in [0.25, 0.3) is 0 Å². The molecule has 0 radical (unpaired) electrons. The van der Waals surface area contributed by atoms with Crippen LogP contribution >= 0.6 is 12.6 Å². The summed E-state index contributed by atoms with van der Waals surface area (Å²) >= 11 is 3.73. The molecule has 0 saturated carbocycles. The van der Waals surface area contributed by atoms with Gasteiger partial charge in [0.05, 0.1) is 24.2 Å². The third-order valence-corrected chi connectivity index (χ3v) is 2.77. The quantitative estimate of drug-likeness (QED) is 0.687. The van der Waals surface area contributed by atoms with Crippen LogP contribution in [0.15, 0.2) is 17.0 Å². The minimum Gasteiger partial charge on any atom is -0.466 e. The highest BCUT2D eigenvalue weighted by atomic mass is 32.1. The number of thiol groups is 1. The second kappa shape index (κ2) is 5.97. The molecular weight excluding hydrogens is 279 g/mol. The van der Waals surface area contributed by atoms with E-state index < -0.39 is 29.0 Å². The maximum absolute atomic E-state index is 13.0. The van der Waals surface area contributed by atoms with Crippen LogP contribution in [0.4, 0.5) is 13.2 Å². The Morgan fingerprint density at radius 1 is 1.47 bits per heavy atom. The second-order valence-corrected chi connectivity index (χ2v) is 4.03. The maximum atomic E-state index is 13.0. The van der Waals surface area contributed by atoms with Crippen molar-refractivity contribution in [1.29, 1.82) is 5.26 Å². The molecule has 0 aliphatic carbocycles. The zero-order chi connectivity index (χ0) is 14.6. The van der Waals surface area contributed by atoms with Crippen LogP contribution in [0.2, 0.25) is 0 Å². The van der Waals surface area contributed by atoms with E-state index in [9.17, 15) is 18.0 Å². The zero-order valence-corrected chi connectivity index (χ0v) is 10.8. The van der Waals surface area contributed by atoms with Gasteiger partial charge in [0.15, 0.2) is 0 Å². The molecule has 3 nitrogen and oxygen atoms in total. The Balaban J connectivity index is 3.29. The number of nitriles is 1. The van der Waals surface area contributed by atoms with Gasteiger partial charge < -0.3 is 4.74 Å². The lowest BCUT2D eigenvalue weighted by atomic mass is 10.0. The van der Waals surface area contributed by atoms with Crippen LogP contribution in [-0.4, -0.2) is 12.6 Å². The number of rotatable bonds is 3. The molecule has 0 aromatic heterocycles. The molecule has 0 spiro atoms. The summed E-state index contributed by atoms with van der Waals surface area (Å²) in [5.41, 5.74) is -1.51. The molecule has 0 heterocycles. The average Bonchev–Trinajstić information content (AvgIpc) is 2.27. The molecule has 0 unspecified atom stereocenters. The van der Waals surface area contributed by atoms with Crippen LogP contribution in [0.5, 0.6) is 0 Å². The number of carbonyl (C=O) groups is 1. The smallest absolute Gasteiger partial charge is 0.417 e.